The van der Waals surface area contributed by atoms with Crippen LogP contribution in [-0.4, -0.2) is 35.0 Å². The van der Waals surface area contributed by atoms with Crippen molar-refractivity contribution in [1.29, 1.82) is 0 Å². The van der Waals surface area contributed by atoms with Crippen LogP contribution in [0.1, 0.15) is 19.0 Å². The van der Waals surface area contributed by atoms with Crippen LogP contribution in [0.4, 0.5) is 0 Å². The lowest BCUT2D eigenvalue weighted by Gasteiger charge is -2.11. The van der Waals surface area contributed by atoms with Gasteiger partial charge in [0.25, 0.3) is 0 Å². The largest absolute Gasteiger partial charge is 0.494 e. The summed E-state index contributed by atoms with van der Waals surface area (Å²) in [5.74, 6) is 0.911. The number of pyridine rings is 1. The van der Waals surface area contributed by atoms with Gasteiger partial charge in [-0.25, -0.2) is 4.98 Å². The Morgan fingerprint density at radius 1 is 1.09 bits per heavy atom. The molecule has 0 amide bonds. The van der Waals surface area contributed by atoms with Crippen molar-refractivity contribution in [1.82, 2.24) is 14.3 Å². The number of hydrogen-bond acceptors (Lipinski definition) is 3. The Morgan fingerprint density at radius 2 is 1.87 bits per heavy atom. The van der Waals surface area contributed by atoms with Crippen molar-refractivity contribution in [3.05, 3.63) is 54.4 Å². The average Bonchev–Trinajstić information content (AvgIpc) is 2.92. The lowest BCUT2D eigenvalue weighted by atomic mass is 10.1. The van der Waals surface area contributed by atoms with Crippen LogP contribution in [0.25, 0.3) is 16.9 Å². The van der Waals surface area contributed by atoms with Crippen LogP contribution >= 0.6 is 0 Å². The third-order valence-corrected chi connectivity index (χ3v) is 3.70. The molecular weight excluding hydrogens is 286 g/mol. The van der Waals surface area contributed by atoms with Crippen molar-refractivity contribution in [2.45, 2.75) is 19.9 Å². The van der Waals surface area contributed by atoms with Crippen LogP contribution in [0, 0.1) is 0 Å². The molecule has 0 N–H and O–H groups in total. The molecule has 3 rings (SSSR count). The first-order valence-electron chi connectivity index (χ1n) is 8.03. The molecule has 0 saturated heterocycles. The maximum Gasteiger partial charge on any atom is 0.137 e. The number of nitrogens with zero attached hydrogens (tertiary/aromatic N) is 3. The van der Waals surface area contributed by atoms with Gasteiger partial charge in [-0.05, 0) is 56.9 Å². The molecule has 0 fully saturated rings. The highest BCUT2D eigenvalue weighted by atomic mass is 16.5. The highest BCUT2D eigenvalue weighted by molar-refractivity contribution is 5.67. The van der Waals surface area contributed by atoms with Crippen molar-refractivity contribution in [3.63, 3.8) is 0 Å². The minimum absolute atomic E-state index is 0.750. The van der Waals surface area contributed by atoms with Gasteiger partial charge in [-0.1, -0.05) is 13.0 Å². The molecule has 2 aromatic heterocycles. The number of ether oxygens (including phenoxy) is 1. The Balaban J connectivity index is 2.01. The summed E-state index contributed by atoms with van der Waals surface area (Å²) in [5.41, 5.74) is 4.33. The monoisotopic (exact) mass is 309 g/mol. The molecule has 0 aliphatic heterocycles. The molecule has 23 heavy (non-hydrogen) atoms. The molecule has 0 aliphatic carbocycles. The number of rotatable bonds is 6. The first-order chi connectivity index (χ1) is 11.2. The Bertz CT molecular complexity index is 775. The third kappa shape index (κ3) is 3.37. The average molecular weight is 309 g/mol. The number of fused-ring (bicyclic) bond motifs is 1. The summed E-state index contributed by atoms with van der Waals surface area (Å²) in [7, 11) is 4.15. The second-order valence-electron chi connectivity index (χ2n) is 5.95. The van der Waals surface area contributed by atoms with Gasteiger partial charge in [0.2, 0.25) is 0 Å². The molecule has 2 heterocycles. The summed E-state index contributed by atoms with van der Waals surface area (Å²) < 4.78 is 7.83. The van der Waals surface area contributed by atoms with Crippen molar-refractivity contribution < 1.29 is 4.74 Å². The number of hydrogen-bond donors (Lipinski definition) is 0. The Labute approximate surface area is 137 Å². The number of benzene rings is 1. The van der Waals surface area contributed by atoms with E-state index in [2.05, 4.69) is 48.6 Å². The zero-order valence-corrected chi connectivity index (χ0v) is 14.0. The van der Waals surface area contributed by atoms with E-state index in [1.807, 2.05) is 30.3 Å². The lowest BCUT2D eigenvalue weighted by Crippen LogP contribution is -2.13. The molecule has 4 nitrogen and oxygen atoms in total. The molecule has 120 valence electrons. The van der Waals surface area contributed by atoms with E-state index in [1.165, 1.54) is 5.69 Å². The van der Waals surface area contributed by atoms with E-state index in [4.69, 9.17) is 9.72 Å². The van der Waals surface area contributed by atoms with Gasteiger partial charge in [0.05, 0.1) is 18.0 Å². The Hall–Kier alpha value is -2.33. The first-order valence-corrected chi connectivity index (χ1v) is 8.03. The molecule has 0 unspecified atom stereocenters. The van der Waals surface area contributed by atoms with Crippen LogP contribution < -0.4 is 4.74 Å². The molecule has 0 atom stereocenters. The lowest BCUT2D eigenvalue weighted by molar-refractivity contribution is 0.317. The van der Waals surface area contributed by atoms with Gasteiger partial charge in [0.15, 0.2) is 0 Å². The summed E-state index contributed by atoms with van der Waals surface area (Å²) in [6.07, 6.45) is 3.09. The quantitative estimate of drug-likeness (QED) is 0.692. The van der Waals surface area contributed by atoms with Gasteiger partial charge in [-0.2, -0.15) is 0 Å². The maximum absolute atomic E-state index is 5.67. The third-order valence-electron chi connectivity index (χ3n) is 3.70. The number of imidazole rings is 1. The Morgan fingerprint density at radius 3 is 2.57 bits per heavy atom. The second-order valence-corrected chi connectivity index (χ2v) is 5.95. The van der Waals surface area contributed by atoms with E-state index in [-0.39, 0.29) is 0 Å². The Kier molecular flexibility index (Phi) is 4.63. The van der Waals surface area contributed by atoms with Crippen LogP contribution in [0.5, 0.6) is 5.75 Å². The van der Waals surface area contributed by atoms with E-state index in [1.54, 1.807) is 0 Å². The number of aromatic nitrogens is 2. The second kappa shape index (κ2) is 6.84. The van der Waals surface area contributed by atoms with Crippen molar-refractivity contribution >= 4 is 5.65 Å². The summed E-state index contributed by atoms with van der Waals surface area (Å²) in [6, 6.07) is 14.3. The van der Waals surface area contributed by atoms with E-state index in [0.29, 0.717) is 0 Å². The minimum atomic E-state index is 0.750. The molecular formula is C19H23N3O. The van der Waals surface area contributed by atoms with Crippen LogP contribution in [0.2, 0.25) is 0 Å². The fourth-order valence-electron chi connectivity index (χ4n) is 2.66. The van der Waals surface area contributed by atoms with Gasteiger partial charge < -0.3 is 14.0 Å². The van der Waals surface area contributed by atoms with Gasteiger partial charge >= 0.3 is 0 Å². The SMILES string of the molecule is CCCOc1ccc(-c2nc3ccccn3c2CN(C)C)cc1. The standard InChI is InChI=1S/C19H23N3O/c1-4-13-23-16-10-8-15(9-11-16)19-17(14-21(2)3)22-12-6-5-7-18(22)20-19/h5-12H,4,13-14H2,1-3H3. The van der Waals surface area contributed by atoms with Crippen molar-refractivity contribution in [2.24, 2.45) is 0 Å². The molecule has 0 aliphatic rings. The summed E-state index contributed by atoms with van der Waals surface area (Å²) in [6.45, 7) is 3.70. The van der Waals surface area contributed by atoms with Gasteiger partial charge in [0, 0.05) is 18.3 Å². The van der Waals surface area contributed by atoms with Crippen molar-refractivity contribution in [2.75, 3.05) is 20.7 Å². The fraction of sp³-hybridized carbons (Fsp3) is 0.316. The van der Waals surface area contributed by atoms with E-state index in [0.717, 1.165) is 42.2 Å². The van der Waals surface area contributed by atoms with E-state index < -0.39 is 0 Å². The highest BCUT2D eigenvalue weighted by Crippen LogP contribution is 2.27. The van der Waals surface area contributed by atoms with Gasteiger partial charge in [-0.15, -0.1) is 0 Å². The summed E-state index contributed by atoms with van der Waals surface area (Å²) in [4.78, 5) is 6.99. The molecule has 4 heteroatoms. The predicted molar refractivity (Wildman–Crippen MR) is 93.8 cm³/mol. The highest BCUT2D eigenvalue weighted by Gasteiger charge is 2.14. The smallest absolute Gasteiger partial charge is 0.137 e. The fourth-order valence-corrected chi connectivity index (χ4v) is 2.66. The zero-order valence-electron chi connectivity index (χ0n) is 14.0. The van der Waals surface area contributed by atoms with Crippen LogP contribution in [0.15, 0.2) is 48.7 Å². The normalized spacial score (nSPS) is 11.3. The summed E-state index contributed by atoms with van der Waals surface area (Å²) >= 11 is 0. The summed E-state index contributed by atoms with van der Waals surface area (Å²) in [5, 5.41) is 0. The topological polar surface area (TPSA) is 29.8 Å². The predicted octanol–water partition coefficient (Wildman–Crippen LogP) is 3.85. The minimum Gasteiger partial charge on any atom is -0.494 e. The first kappa shape index (κ1) is 15.6. The molecule has 0 saturated carbocycles. The van der Waals surface area contributed by atoms with Gasteiger partial charge in [-0.3, -0.25) is 0 Å². The zero-order chi connectivity index (χ0) is 16.2. The molecule has 0 bridgehead atoms. The van der Waals surface area contributed by atoms with Crippen LogP contribution in [0.3, 0.4) is 0 Å². The molecule has 0 spiro atoms. The van der Waals surface area contributed by atoms with E-state index >= 15 is 0 Å². The molecule has 3 aromatic rings. The van der Waals surface area contributed by atoms with Crippen LogP contribution in [-0.2, 0) is 6.54 Å². The van der Waals surface area contributed by atoms with E-state index in [9.17, 15) is 0 Å². The molecule has 0 radical (unpaired) electrons. The van der Waals surface area contributed by atoms with Crippen molar-refractivity contribution in [3.8, 4) is 17.0 Å². The van der Waals surface area contributed by atoms with Gasteiger partial charge in [0.1, 0.15) is 11.4 Å². The molecule has 1 aromatic carbocycles. The maximum atomic E-state index is 5.67.